The molecule has 5 heteroatoms. The van der Waals surface area contributed by atoms with Crippen LogP contribution in [0.2, 0.25) is 0 Å². The number of hydrogen-bond donors (Lipinski definition) is 1. The summed E-state index contributed by atoms with van der Waals surface area (Å²) >= 11 is 0. The standard InChI is InChI=1S/C26H34N2O3/c1-19(2)25(30)27-14-8-13-23(17-27)26(31)28(16-21-10-5-4-6-11-21)18-24(29)22-12-7-9-20(3)15-22/h4-7,9-12,15,19,23-24,29H,8,13-14,16-18H2,1-3H3/t23-,24+/m0/s1. The number of piperidine rings is 1. The summed E-state index contributed by atoms with van der Waals surface area (Å²) in [4.78, 5) is 29.6. The van der Waals surface area contributed by atoms with Gasteiger partial charge in [-0.3, -0.25) is 9.59 Å². The Labute approximate surface area is 185 Å². The van der Waals surface area contributed by atoms with Gasteiger partial charge in [-0.05, 0) is 30.9 Å². The number of nitrogens with zero attached hydrogens (tertiary/aromatic N) is 2. The molecule has 2 amide bonds. The number of aryl methyl sites for hydroxylation is 1. The van der Waals surface area contributed by atoms with Crippen LogP contribution in [0.25, 0.3) is 0 Å². The first-order chi connectivity index (χ1) is 14.8. The minimum Gasteiger partial charge on any atom is -0.387 e. The number of hydrogen-bond acceptors (Lipinski definition) is 3. The third-order valence-corrected chi connectivity index (χ3v) is 5.92. The van der Waals surface area contributed by atoms with E-state index in [0.717, 1.165) is 29.5 Å². The molecular weight excluding hydrogens is 388 g/mol. The monoisotopic (exact) mass is 422 g/mol. The molecule has 1 aliphatic heterocycles. The van der Waals surface area contributed by atoms with Gasteiger partial charge in [0.15, 0.2) is 0 Å². The SMILES string of the molecule is Cc1cccc([C@H](O)CN(Cc2ccccc2)C(=O)[C@H]2CCCN(C(=O)C(C)C)C2)c1. The molecule has 2 aromatic rings. The van der Waals surface area contributed by atoms with Crippen molar-refractivity contribution in [2.24, 2.45) is 11.8 Å². The van der Waals surface area contributed by atoms with Crippen molar-refractivity contribution in [1.29, 1.82) is 0 Å². The van der Waals surface area contributed by atoms with Gasteiger partial charge in [0.05, 0.1) is 18.6 Å². The van der Waals surface area contributed by atoms with Gasteiger partial charge in [-0.25, -0.2) is 0 Å². The van der Waals surface area contributed by atoms with E-state index in [9.17, 15) is 14.7 Å². The van der Waals surface area contributed by atoms with E-state index in [4.69, 9.17) is 0 Å². The molecule has 1 saturated heterocycles. The first kappa shape index (κ1) is 23.0. The molecule has 1 fully saturated rings. The number of benzene rings is 2. The van der Waals surface area contributed by atoms with Crippen LogP contribution in [0.1, 0.15) is 49.5 Å². The van der Waals surface area contributed by atoms with Crippen molar-refractivity contribution < 1.29 is 14.7 Å². The maximum absolute atomic E-state index is 13.6. The molecule has 3 rings (SSSR count). The van der Waals surface area contributed by atoms with Crippen LogP contribution in [0.5, 0.6) is 0 Å². The van der Waals surface area contributed by atoms with E-state index >= 15 is 0 Å². The molecule has 0 bridgehead atoms. The van der Waals surface area contributed by atoms with Crippen molar-refractivity contribution in [3.63, 3.8) is 0 Å². The van der Waals surface area contributed by atoms with Crippen LogP contribution in [0.4, 0.5) is 0 Å². The highest BCUT2D eigenvalue weighted by molar-refractivity contribution is 5.82. The van der Waals surface area contributed by atoms with Gasteiger partial charge in [0.25, 0.3) is 0 Å². The Morgan fingerprint density at radius 3 is 2.55 bits per heavy atom. The summed E-state index contributed by atoms with van der Waals surface area (Å²) in [7, 11) is 0. The zero-order chi connectivity index (χ0) is 22.4. The number of likely N-dealkylation sites (tertiary alicyclic amines) is 1. The van der Waals surface area contributed by atoms with Gasteiger partial charge in [0, 0.05) is 25.6 Å². The van der Waals surface area contributed by atoms with Crippen LogP contribution in [0.15, 0.2) is 54.6 Å². The van der Waals surface area contributed by atoms with Crippen LogP contribution in [-0.2, 0) is 16.1 Å². The molecule has 0 radical (unpaired) electrons. The van der Waals surface area contributed by atoms with Crippen molar-refractivity contribution >= 4 is 11.8 Å². The second-order valence-electron chi connectivity index (χ2n) is 8.91. The van der Waals surface area contributed by atoms with Crippen LogP contribution in [0.3, 0.4) is 0 Å². The summed E-state index contributed by atoms with van der Waals surface area (Å²) in [5.41, 5.74) is 2.91. The number of carbonyl (C=O) groups is 2. The van der Waals surface area contributed by atoms with E-state index in [1.54, 1.807) is 4.90 Å². The average molecular weight is 423 g/mol. The summed E-state index contributed by atoms with van der Waals surface area (Å²) in [6.45, 7) is 7.63. The van der Waals surface area contributed by atoms with Crippen molar-refractivity contribution in [2.75, 3.05) is 19.6 Å². The Hall–Kier alpha value is -2.66. The van der Waals surface area contributed by atoms with Gasteiger partial charge < -0.3 is 14.9 Å². The van der Waals surface area contributed by atoms with E-state index in [1.807, 2.05) is 80.3 Å². The largest absolute Gasteiger partial charge is 0.387 e. The molecule has 0 aromatic heterocycles. The molecule has 166 valence electrons. The van der Waals surface area contributed by atoms with Crippen LogP contribution >= 0.6 is 0 Å². The predicted molar refractivity (Wildman–Crippen MR) is 122 cm³/mol. The fraction of sp³-hybridized carbons (Fsp3) is 0.462. The normalized spacial score (nSPS) is 17.5. The van der Waals surface area contributed by atoms with Gasteiger partial charge in [-0.15, -0.1) is 0 Å². The molecule has 1 aliphatic rings. The lowest BCUT2D eigenvalue weighted by molar-refractivity contribution is -0.143. The van der Waals surface area contributed by atoms with Gasteiger partial charge in [0.1, 0.15) is 0 Å². The molecule has 0 saturated carbocycles. The van der Waals surface area contributed by atoms with Gasteiger partial charge >= 0.3 is 0 Å². The van der Waals surface area contributed by atoms with Gasteiger partial charge in [-0.2, -0.15) is 0 Å². The first-order valence-corrected chi connectivity index (χ1v) is 11.2. The molecule has 31 heavy (non-hydrogen) atoms. The molecule has 0 aliphatic carbocycles. The summed E-state index contributed by atoms with van der Waals surface area (Å²) in [6.07, 6.45) is 0.839. The molecule has 2 atom stereocenters. The number of carbonyl (C=O) groups excluding carboxylic acids is 2. The quantitative estimate of drug-likeness (QED) is 0.735. The number of aliphatic hydroxyl groups is 1. The van der Waals surface area contributed by atoms with Crippen molar-refractivity contribution in [3.05, 3.63) is 71.3 Å². The molecule has 0 spiro atoms. The Morgan fingerprint density at radius 1 is 1.13 bits per heavy atom. The second-order valence-corrected chi connectivity index (χ2v) is 8.91. The Morgan fingerprint density at radius 2 is 1.87 bits per heavy atom. The van der Waals surface area contributed by atoms with E-state index in [2.05, 4.69) is 0 Å². The molecule has 0 unspecified atom stereocenters. The summed E-state index contributed by atoms with van der Waals surface area (Å²) in [6, 6.07) is 17.6. The van der Waals surface area contributed by atoms with Crippen LogP contribution in [-0.4, -0.2) is 46.4 Å². The Kier molecular flexibility index (Phi) is 7.85. The van der Waals surface area contributed by atoms with Crippen molar-refractivity contribution in [1.82, 2.24) is 9.80 Å². The zero-order valence-corrected chi connectivity index (χ0v) is 18.8. The summed E-state index contributed by atoms with van der Waals surface area (Å²) < 4.78 is 0. The average Bonchev–Trinajstić information content (AvgIpc) is 2.78. The topological polar surface area (TPSA) is 60.9 Å². The molecule has 5 nitrogen and oxygen atoms in total. The zero-order valence-electron chi connectivity index (χ0n) is 18.8. The number of rotatable bonds is 7. The molecule has 1 heterocycles. The fourth-order valence-electron chi connectivity index (χ4n) is 4.23. The highest BCUT2D eigenvalue weighted by atomic mass is 16.3. The maximum atomic E-state index is 13.6. The predicted octanol–water partition coefficient (Wildman–Crippen LogP) is 3.95. The van der Waals surface area contributed by atoms with Crippen molar-refractivity contribution in [2.45, 2.75) is 46.3 Å². The fourth-order valence-corrected chi connectivity index (χ4v) is 4.23. The third-order valence-electron chi connectivity index (χ3n) is 5.92. The van der Waals surface area contributed by atoms with Gasteiger partial charge in [-0.1, -0.05) is 74.0 Å². The number of aliphatic hydroxyl groups excluding tert-OH is 1. The summed E-state index contributed by atoms with van der Waals surface area (Å²) in [5, 5.41) is 10.9. The first-order valence-electron chi connectivity index (χ1n) is 11.2. The minimum atomic E-state index is -0.760. The molecular formula is C26H34N2O3. The highest BCUT2D eigenvalue weighted by Crippen LogP contribution is 2.24. The summed E-state index contributed by atoms with van der Waals surface area (Å²) in [5.74, 6) is -0.189. The highest BCUT2D eigenvalue weighted by Gasteiger charge is 2.32. The minimum absolute atomic E-state index is 0.0109. The smallest absolute Gasteiger partial charge is 0.227 e. The van der Waals surface area contributed by atoms with E-state index in [1.165, 1.54) is 0 Å². The number of amides is 2. The van der Waals surface area contributed by atoms with Gasteiger partial charge in [0.2, 0.25) is 11.8 Å². The van der Waals surface area contributed by atoms with Crippen LogP contribution < -0.4 is 0 Å². The van der Waals surface area contributed by atoms with Crippen LogP contribution in [0, 0.1) is 18.8 Å². The van der Waals surface area contributed by atoms with E-state index < -0.39 is 6.10 Å². The lowest BCUT2D eigenvalue weighted by atomic mass is 9.94. The third kappa shape index (κ3) is 6.17. The van der Waals surface area contributed by atoms with E-state index in [0.29, 0.717) is 19.6 Å². The molecule has 2 aromatic carbocycles. The lowest BCUT2D eigenvalue weighted by Crippen LogP contribution is -2.48. The maximum Gasteiger partial charge on any atom is 0.227 e. The van der Waals surface area contributed by atoms with E-state index in [-0.39, 0.29) is 30.2 Å². The second kappa shape index (κ2) is 10.6. The Bertz CT molecular complexity index is 881. The van der Waals surface area contributed by atoms with Crippen molar-refractivity contribution in [3.8, 4) is 0 Å². The molecule has 1 N–H and O–H groups in total. The Balaban J connectivity index is 1.78. The lowest BCUT2D eigenvalue weighted by Gasteiger charge is -2.36.